The Morgan fingerprint density at radius 2 is 2.08 bits per heavy atom. The van der Waals surface area contributed by atoms with Gasteiger partial charge in [0.2, 0.25) is 10.0 Å². The minimum Gasteiger partial charge on any atom is -0.379 e. The second-order valence-electron chi connectivity index (χ2n) is 6.45. The van der Waals surface area contributed by atoms with Crippen LogP contribution in [0.5, 0.6) is 0 Å². The second-order valence-corrected chi connectivity index (χ2v) is 8.39. The predicted octanol–water partition coefficient (Wildman–Crippen LogP) is 0.859. The molecule has 0 saturated carbocycles. The number of hydrogen-bond donors (Lipinski definition) is 2. The summed E-state index contributed by atoms with van der Waals surface area (Å²) in [5, 5.41) is 6.19. The van der Waals surface area contributed by atoms with Gasteiger partial charge in [0.05, 0.1) is 18.1 Å². The lowest BCUT2D eigenvalue weighted by atomic mass is 10.1. The molecular formula is C17H26ClN3O4S. The van der Waals surface area contributed by atoms with Crippen molar-refractivity contribution in [1.29, 1.82) is 0 Å². The SMILES string of the molecule is Cl.O=C(NCCC1CCNC1)c1cccc(S(=O)(=O)N2CCOCC2)c1. The van der Waals surface area contributed by atoms with E-state index in [-0.39, 0.29) is 23.2 Å². The summed E-state index contributed by atoms with van der Waals surface area (Å²) in [6.07, 6.45) is 2.08. The van der Waals surface area contributed by atoms with Crippen LogP contribution in [0, 0.1) is 5.92 Å². The Kier molecular flexibility index (Phi) is 7.85. The van der Waals surface area contributed by atoms with Crippen LogP contribution in [-0.4, -0.2) is 64.6 Å². The molecule has 2 saturated heterocycles. The van der Waals surface area contributed by atoms with E-state index in [2.05, 4.69) is 10.6 Å². The lowest BCUT2D eigenvalue weighted by molar-refractivity contribution is 0.0730. The van der Waals surface area contributed by atoms with Crippen molar-refractivity contribution >= 4 is 28.3 Å². The minimum absolute atomic E-state index is 0. The molecule has 1 aromatic rings. The normalized spacial score (nSPS) is 21.2. The van der Waals surface area contributed by atoms with Crippen molar-refractivity contribution < 1.29 is 17.9 Å². The molecule has 2 fully saturated rings. The number of hydrogen-bond acceptors (Lipinski definition) is 5. The number of nitrogens with zero attached hydrogens (tertiary/aromatic N) is 1. The lowest BCUT2D eigenvalue weighted by Gasteiger charge is -2.26. The monoisotopic (exact) mass is 403 g/mol. The van der Waals surface area contributed by atoms with E-state index in [4.69, 9.17) is 4.74 Å². The van der Waals surface area contributed by atoms with E-state index in [1.54, 1.807) is 12.1 Å². The zero-order chi connectivity index (χ0) is 17.7. The number of morpholine rings is 1. The molecule has 2 N–H and O–H groups in total. The zero-order valence-electron chi connectivity index (χ0n) is 14.6. The summed E-state index contributed by atoms with van der Waals surface area (Å²) >= 11 is 0. The van der Waals surface area contributed by atoms with Crippen LogP contribution in [-0.2, 0) is 14.8 Å². The van der Waals surface area contributed by atoms with Crippen LogP contribution < -0.4 is 10.6 Å². The fourth-order valence-electron chi connectivity index (χ4n) is 3.19. The number of carbonyl (C=O) groups excluding carboxylic acids is 1. The van der Waals surface area contributed by atoms with Crippen molar-refractivity contribution in [2.45, 2.75) is 17.7 Å². The molecule has 146 valence electrons. The van der Waals surface area contributed by atoms with Gasteiger partial charge in [-0.1, -0.05) is 6.07 Å². The van der Waals surface area contributed by atoms with Gasteiger partial charge in [0.25, 0.3) is 5.91 Å². The second kappa shape index (κ2) is 9.66. The van der Waals surface area contributed by atoms with E-state index in [0.717, 1.165) is 25.9 Å². The van der Waals surface area contributed by atoms with Crippen LogP contribution in [0.2, 0.25) is 0 Å². The van der Waals surface area contributed by atoms with Crippen LogP contribution in [0.25, 0.3) is 0 Å². The molecule has 1 aromatic carbocycles. The summed E-state index contributed by atoms with van der Waals surface area (Å²) in [7, 11) is -3.59. The summed E-state index contributed by atoms with van der Waals surface area (Å²) in [6.45, 7) is 4.13. The molecule has 0 aromatic heterocycles. The van der Waals surface area contributed by atoms with Gasteiger partial charge in [0.1, 0.15) is 0 Å². The first-order chi connectivity index (χ1) is 12.1. The van der Waals surface area contributed by atoms with Gasteiger partial charge in [-0.2, -0.15) is 4.31 Å². The van der Waals surface area contributed by atoms with Crippen molar-refractivity contribution in [2.75, 3.05) is 45.9 Å². The summed E-state index contributed by atoms with van der Waals surface area (Å²) in [5.74, 6) is 0.373. The van der Waals surface area contributed by atoms with Crippen molar-refractivity contribution in [2.24, 2.45) is 5.92 Å². The maximum absolute atomic E-state index is 12.7. The Hall–Kier alpha value is -1.19. The van der Waals surface area contributed by atoms with E-state index >= 15 is 0 Å². The highest BCUT2D eigenvalue weighted by Gasteiger charge is 2.26. The van der Waals surface area contributed by atoms with Gasteiger partial charge in [-0.15, -0.1) is 12.4 Å². The largest absolute Gasteiger partial charge is 0.379 e. The standard InChI is InChI=1S/C17H25N3O4S.ClH/c21-17(19-7-5-14-4-6-18-13-14)15-2-1-3-16(12-15)25(22,23)20-8-10-24-11-9-20;/h1-3,12,14,18H,4-11,13H2,(H,19,21);1H. The first kappa shape index (κ1) is 21.1. The number of nitrogens with one attached hydrogen (secondary N) is 2. The van der Waals surface area contributed by atoms with E-state index in [1.807, 2.05) is 0 Å². The van der Waals surface area contributed by atoms with Gasteiger partial charge in [-0.05, 0) is 50.0 Å². The molecule has 2 aliphatic heterocycles. The molecule has 1 unspecified atom stereocenters. The molecule has 0 bridgehead atoms. The molecular weight excluding hydrogens is 378 g/mol. The van der Waals surface area contributed by atoms with Crippen LogP contribution in [0.1, 0.15) is 23.2 Å². The van der Waals surface area contributed by atoms with Gasteiger partial charge in [-0.25, -0.2) is 8.42 Å². The molecule has 7 nitrogen and oxygen atoms in total. The first-order valence-electron chi connectivity index (χ1n) is 8.74. The average molecular weight is 404 g/mol. The third kappa shape index (κ3) is 5.17. The fourth-order valence-corrected chi connectivity index (χ4v) is 4.64. The number of carbonyl (C=O) groups is 1. The van der Waals surface area contributed by atoms with Crippen molar-refractivity contribution in [3.8, 4) is 0 Å². The molecule has 2 aliphatic rings. The van der Waals surface area contributed by atoms with E-state index in [9.17, 15) is 13.2 Å². The number of halogens is 1. The van der Waals surface area contributed by atoms with E-state index in [0.29, 0.717) is 44.3 Å². The molecule has 3 rings (SSSR count). The van der Waals surface area contributed by atoms with Crippen LogP contribution >= 0.6 is 12.4 Å². The maximum atomic E-state index is 12.7. The lowest BCUT2D eigenvalue weighted by Crippen LogP contribution is -2.40. The van der Waals surface area contributed by atoms with Gasteiger partial charge in [0, 0.05) is 25.2 Å². The summed E-state index contributed by atoms with van der Waals surface area (Å²) in [6, 6.07) is 6.25. The minimum atomic E-state index is -3.59. The average Bonchev–Trinajstić information content (AvgIpc) is 3.16. The van der Waals surface area contributed by atoms with Gasteiger partial charge in [-0.3, -0.25) is 4.79 Å². The molecule has 0 spiro atoms. The molecule has 1 amide bonds. The van der Waals surface area contributed by atoms with Crippen LogP contribution in [0.15, 0.2) is 29.2 Å². The van der Waals surface area contributed by atoms with Gasteiger partial charge >= 0.3 is 0 Å². The highest BCUT2D eigenvalue weighted by Crippen LogP contribution is 2.18. The molecule has 1 atom stereocenters. The van der Waals surface area contributed by atoms with Crippen molar-refractivity contribution in [3.63, 3.8) is 0 Å². The molecule has 0 radical (unpaired) electrons. The predicted molar refractivity (Wildman–Crippen MR) is 101 cm³/mol. The Morgan fingerprint density at radius 1 is 1.31 bits per heavy atom. The Balaban J connectivity index is 0.00000243. The highest BCUT2D eigenvalue weighted by atomic mass is 35.5. The Bertz CT molecular complexity index is 702. The quantitative estimate of drug-likeness (QED) is 0.735. The van der Waals surface area contributed by atoms with Crippen molar-refractivity contribution in [1.82, 2.24) is 14.9 Å². The molecule has 26 heavy (non-hydrogen) atoms. The third-order valence-electron chi connectivity index (χ3n) is 4.70. The van der Waals surface area contributed by atoms with E-state index in [1.165, 1.54) is 16.4 Å². The maximum Gasteiger partial charge on any atom is 0.251 e. The van der Waals surface area contributed by atoms with Crippen LogP contribution in [0.4, 0.5) is 0 Å². The molecule has 9 heteroatoms. The third-order valence-corrected chi connectivity index (χ3v) is 6.60. The Labute approximate surface area is 160 Å². The summed E-state index contributed by atoms with van der Waals surface area (Å²) in [4.78, 5) is 12.5. The molecule has 2 heterocycles. The number of benzene rings is 1. The van der Waals surface area contributed by atoms with Gasteiger partial charge in [0.15, 0.2) is 0 Å². The van der Waals surface area contributed by atoms with E-state index < -0.39 is 10.0 Å². The Morgan fingerprint density at radius 3 is 2.77 bits per heavy atom. The number of rotatable bonds is 6. The number of amides is 1. The van der Waals surface area contributed by atoms with Crippen molar-refractivity contribution in [3.05, 3.63) is 29.8 Å². The number of sulfonamides is 1. The van der Waals surface area contributed by atoms with Gasteiger partial charge < -0.3 is 15.4 Å². The van der Waals surface area contributed by atoms with Crippen LogP contribution in [0.3, 0.4) is 0 Å². The highest BCUT2D eigenvalue weighted by molar-refractivity contribution is 7.89. The summed E-state index contributed by atoms with van der Waals surface area (Å²) < 4.78 is 32.0. The fraction of sp³-hybridized carbons (Fsp3) is 0.588. The zero-order valence-corrected chi connectivity index (χ0v) is 16.3. The molecule has 0 aliphatic carbocycles. The summed E-state index contributed by atoms with van der Waals surface area (Å²) in [5.41, 5.74) is 0.374. The smallest absolute Gasteiger partial charge is 0.251 e. The number of ether oxygens (including phenoxy) is 1. The first-order valence-corrected chi connectivity index (χ1v) is 10.2. The topological polar surface area (TPSA) is 87.7 Å².